The molecule has 0 saturated carbocycles. The summed E-state index contributed by atoms with van der Waals surface area (Å²) in [7, 11) is 0. The number of carbonyl (C=O) groups excluding carboxylic acids is 2. The van der Waals surface area contributed by atoms with Gasteiger partial charge in [-0.1, -0.05) is 124 Å². The first kappa shape index (κ1) is 22.7. The molecule has 0 radical (unpaired) electrons. The van der Waals surface area contributed by atoms with E-state index in [0.29, 0.717) is 23.3 Å². The molecule has 33 heavy (non-hydrogen) atoms. The molecule has 2 atom stereocenters. The van der Waals surface area contributed by atoms with Gasteiger partial charge in [-0.3, -0.25) is 9.59 Å². The van der Waals surface area contributed by atoms with Crippen molar-refractivity contribution in [2.45, 2.75) is 44.9 Å². The predicted octanol–water partition coefficient (Wildman–Crippen LogP) is 7.21. The average molecular weight is 439 g/mol. The zero-order valence-corrected chi connectivity index (χ0v) is 19.1. The zero-order chi connectivity index (χ0) is 23.0. The van der Waals surface area contributed by atoms with E-state index < -0.39 is 0 Å². The van der Waals surface area contributed by atoms with Gasteiger partial charge in [0, 0.05) is 17.0 Å². The molecule has 168 valence electrons. The molecule has 0 aliphatic carbocycles. The van der Waals surface area contributed by atoms with Gasteiger partial charge in [-0.2, -0.15) is 0 Å². The SMILES string of the molecule is CCCCCC[C@H]1C(=O)OC(c2ccccc2)=C(C(=O)c2ccccc2)[C@H]1c1ccccc1. The summed E-state index contributed by atoms with van der Waals surface area (Å²) >= 11 is 0. The maximum Gasteiger partial charge on any atom is 0.315 e. The summed E-state index contributed by atoms with van der Waals surface area (Å²) in [5.41, 5.74) is 2.89. The number of allylic oxidation sites excluding steroid dienone is 1. The molecule has 0 N–H and O–H groups in total. The second kappa shape index (κ2) is 10.9. The molecule has 0 spiro atoms. The Morgan fingerprint density at radius 3 is 2.03 bits per heavy atom. The molecule has 0 unspecified atom stereocenters. The van der Waals surface area contributed by atoms with E-state index in [1.54, 1.807) is 0 Å². The van der Waals surface area contributed by atoms with Gasteiger partial charge in [-0.15, -0.1) is 0 Å². The lowest BCUT2D eigenvalue weighted by Gasteiger charge is -2.34. The monoisotopic (exact) mass is 438 g/mol. The molecule has 3 aromatic rings. The van der Waals surface area contributed by atoms with E-state index in [4.69, 9.17) is 4.74 Å². The fourth-order valence-corrected chi connectivity index (χ4v) is 4.64. The van der Waals surface area contributed by atoms with Crippen molar-refractivity contribution in [3.8, 4) is 0 Å². The van der Waals surface area contributed by atoms with Gasteiger partial charge in [0.05, 0.1) is 11.5 Å². The number of cyclic esters (lactones) is 1. The highest BCUT2D eigenvalue weighted by Crippen LogP contribution is 2.45. The van der Waals surface area contributed by atoms with Gasteiger partial charge < -0.3 is 4.74 Å². The lowest BCUT2D eigenvalue weighted by molar-refractivity contribution is -0.143. The van der Waals surface area contributed by atoms with Gasteiger partial charge >= 0.3 is 5.97 Å². The fraction of sp³-hybridized carbons (Fsp3) is 0.267. The highest BCUT2D eigenvalue weighted by Gasteiger charge is 2.43. The highest BCUT2D eigenvalue weighted by atomic mass is 16.5. The number of rotatable bonds is 9. The molecule has 0 amide bonds. The summed E-state index contributed by atoms with van der Waals surface area (Å²) in [5, 5.41) is 0. The molecule has 0 fully saturated rings. The molecule has 3 aromatic carbocycles. The summed E-state index contributed by atoms with van der Waals surface area (Å²) < 4.78 is 5.97. The Labute approximate surface area is 196 Å². The van der Waals surface area contributed by atoms with E-state index in [9.17, 15) is 9.59 Å². The molecule has 1 aliphatic heterocycles. The maximum absolute atomic E-state index is 13.9. The number of esters is 1. The van der Waals surface area contributed by atoms with Crippen molar-refractivity contribution in [2.75, 3.05) is 0 Å². The largest absolute Gasteiger partial charge is 0.425 e. The van der Waals surface area contributed by atoms with Crippen LogP contribution in [0.1, 0.15) is 66.4 Å². The van der Waals surface area contributed by atoms with Crippen molar-refractivity contribution in [3.63, 3.8) is 0 Å². The average Bonchev–Trinajstić information content (AvgIpc) is 2.88. The molecule has 3 nitrogen and oxygen atoms in total. The molecule has 0 bridgehead atoms. The van der Waals surface area contributed by atoms with Crippen LogP contribution in [-0.2, 0) is 9.53 Å². The topological polar surface area (TPSA) is 43.4 Å². The van der Waals surface area contributed by atoms with Crippen LogP contribution >= 0.6 is 0 Å². The Kier molecular flexibility index (Phi) is 7.51. The van der Waals surface area contributed by atoms with E-state index in [2.05, 4.69) is 6.92 Å². The van der Waals surface area contributed by atoms with Gasteiger partial charge in [0.25, 0.3) is 0 Å². The van der Waals surface area contributed by atoms with Crippen LogP contribution in [0.25, 0.3) is 5.76 Å². The fourth-order valence-electron chi connectivity index (χ4n) is 4.64. The number of benzene rings is 3. The van der Waals surface area contributed by atoms with Crippen molar-refractivity contribution in [2.24, 2.45) is 5.92 Å². The number of carbonyl (C=O) groups is 2. The minimum absolute atomic E-state index is 0.0886. The molecular weight excluding hydrogens is 408 g/mol. The maximum atomic E-state index is 13.9. The van der Waals surface area contributed by atoms with Crippen LogP contribution in [0.2, 0.25) is 0 Å². The highest BCUT2D eigenvalue weighted by molar-refractivity contribution is 6.15. The first-order valence-electron chi connectivity index (χ1n) is 11.9. The smallest absolute Gasteiger partial charge is 0.315 e. The number of ketones is 1. The van der Waals surface area contributed by atoms with Crippen LogP contribution in [0.15, 0.2) is 96.6 Å². The van der Waals surface area contributed by atoms with Gasteiger partial charge in [0.15, 0.2) is 5.78 Å². The lowest BCUT2D eigenvalue weighted by Crippen LogP contribution is -2.34. The van der Waals surface area contributed by atoms with Crippen molar-refractivity contribution < 1.29 is 14.3 Å². The number of hydrogen-bond acceptors (Lipinski definition) is 3. The minimum Gasteiger partial charge on any atom is -0.425 e. The zero-order valence-electron chi connectivity index (χ0n) is 19.1. The van der Waals surface area contributed by atoms with E-state index in [-0.39, 0.29) is 23.6 Å². The second-order valence-electron chi connectivity index (χ2n) is 8.57. The normalized spacial score (nSPS) is 18.2. The van der Waals surface area contributed by atoms with Crippen LogP contribution in [0.5, 0.6) is 0 Å². The van der Waals surface area contributed by atoms with E-state index in [1.165, 1.54) is 0 Å². The number of unbranched alkanes of at least 4 members (excludes halogenated alkanes) is 3. The third kappa shape index (κ3) is 5.14. The lowest BCUT2D eigenvalue weighted by atomic mass is 9.73. The number of ether oxygens (including phenoxy) is 1. The number of hydrogen-bond donors (Lipinski definition) is 0. The minimum atomic E-state index is -0.389. The summed E-state index contributed by atoms with van der Waals surface area (Å²) in [6, 6.07) is 28.7. The van der Waals surface area contributed by atoms with Gasteiger partial charge in [0.2, 0.25) is 0 Å². The molecule has 4 rings (SSSR count). The van der Waals surface area contributed by atoms with Crippen LogP contribution in [0, 0.1) is 5.92 Å². The Morgan fingerprint density at radius 1 is 0.788 bits per heavy atom. The Balaban J connectivity index is 1.87. The first-order valence-corrected chi connectivity index (χ1v) is 11.9. The van der Waals surface area contributed by atoms with Gasteiger partial charge in [-0.05, 0) is 12.0 Å². The quantitative estimate of drug-likeness (QED) is 0.201. The van der Waals surface area contributed by atoms with Gasteiger partial charge in [-0.25, -0.2) is 0 Å². The van der Waals surface area contributed by atoms with Crippen LogP contribution < -0.4 is 0 Å². The van der Waals surface area contributed by atoms with Crippen molar-refractivity contribution in [3.05, 3.63) is 113 Å². The number of Topliss-reactive ketones (excluding diaryl/α,β-unsaturated/α-hetero) is 1. The third-order valence-corrected chi connectivity index (χ3v) is 6.31. The second-order valence-corrected chi connectivity index (χ2v) is 8.57. The summed E-state index contributed by atoms with van der Waals surface area (Å²) in [5.74, 6) is -0.692. The van der Waals surface area contributed by atoms with Crippen molar-refractivity contribution in [1.82, 2.24) is 0 Å². The molecule has 0 aromatic heterocycles. The van der Waals surface area contributed by atoms with E-state index >= 15 is 0 Å². The van der Waals surface area contributed by atoms with Gasteiger partial charge in [0.1, 0.15) is 5.76 Å². The van der Waals surface area contributed by atoms with E-state index in [0.717, 1.165) is 36.8 Å². The molecule has 0 saturated heterocycles. The van der Waals surface area contributed by atoms with E-state index in [1.807, 2.05) is 91.0 Å². The van der Waals surface area contributed by atoms with Crippen LogP contribution in [0.3, 0.4) is 0 Å². The molecule has 1 heterocycles. The Morgan fingerprint density at radius 2 is 1.39 bits per heavy atom. The Bertz CT molecular complexity index is 1100. The van der Waals surface area contributed by atoms with Crippen molar-refractivity contribution >= 4 is 17.5 Å². The van der Waals surface area contributed by atoms with Crippen LogP contribution in [0.4, 0.5) is 0 Å². The Hall–Kier alpha value is -3.46. The standard InChI is InChI=1S/C30H30O3/c1-2-3-4-14-21-25-26(22-15-8-5-9-16-22)27(28(31)23-17-10-6-11-18-23)29(33-30(25)32)24-19-12-7-13-20-24/h5-13,15-20,25-26H,2-4,14,21H2,1H3/t25-,26+/m1/s1. The molecule has 1 aliphatic rings. The predicted molar refractivity (Wildman–Crippen MR) is 132 cm³/mol. The molecular formula is C30H30O3. The summed E-state index contributed by atoms with van der Waals surface area (Å²) in [6.07, 6.45) is 4.97. The summed E-state index contributed by atoms with van der Waals surface area (Å²) in [4.78, 5) is 27.3. The van der Waals surface area contributed by atoms with Crippen molar-refractivity contribution in [1.29, 1.82) is 0 Å². The summed E-state index contributed by atoms with van der Waals surface area (Å²) in [6.45, 7) is 2.17. The third-order valence-electron chi connectivity index (χ3n) is 6.31. The molecule has 3 heteroatoms. The van der Waals surface area contributed by atoms with Crippen LogP contribution in [-0.4, -0.2) is 11.8 Å². The first-order chi connectivity index (χ1) is 16.2.